The average molecular weight is 547 g/mol. The summed E-state index contributed by atoms with van der Waals surface area (Å²) < 4.78 is 24.3. The summed E-state index contributed by atoms with van der Waals surface area (Å²) >= 11 is 1.68. The van der Waals surface area contributed by atoms with Gasteiger partial charge in [0.25, 0.3) is 0 Å². The summed E-state index contributed by atoms with van der Waals surface area (Å²) in [5.41, 5.74) is 3.16. The Kier molecular flexibility index (Phi) is 13.5. The van der Waals surface area contributed by atoms with Crippen molar-refractivity contribution in [3.8, 4) is 5.75 Å². The molecule has 0 amide bonds. The molecule has 0 atom stereocenters. The molecule has 0 bridgehead atoms. The number of nitrogens with one attached hydrogen (secondary N) is 2. The molecule has 2 aromatic rings. The molecule has 2 aromatic carbocycles. The van der Waals surface area contributed by atoms with Gasteiger partial charge in [-0.25, -0.2) is 4.39 Å². The van der Waals surface area contributed by atoms with Gasteiger partial charge in [0.1, 0.15) is 11.6 Å². The van der Waals surface area contributed by atoms with Crippen LogP contribution in [0.5, 0.6) is 5.75 Å². The summed E-state index contributed by atoms with van der Waals surface area (Å²) in [6.07, 6.45) is 2.87. The predicted octanol–water partition coefficient (Wildman–Crippen LogP) is 4.59. The Hall–Kier alpha value is -1.52. The van der Waals surface area contributed by atoms with Gasteiger partial charge in [-0.05, 0) is 47.2 Å². The molecular formula is C22H31FIN3O2S. The van der Waals surface area contributed by atoms with Crippen LogP contribution in [0.15, 0.2) is 47.5 Å². The van der Waals surface area contributed by atoms with Crippen LogP contribution in [0.3, 0.4) is 0 Å². The van der Waals surface area contributed by atoms with E-state index >= 15 is 0 Å². The van der Waals surface area contributed by atoms with Crippen LogP contribution < -0.4 is 15.4 Å². The third-order valence-electron chi connectivity index (χ3n) is 4.26. The molecule has 0 heterocycles. The number of rotatable bonds is 11. The van der Waals surface area contributed by atoms with Crippen molar-refractivity contribution in [1.82, 2.24) is 10.6 Å². The van der Waals surface area contributed by atoms with Crippen molar-refractivity contribution in [3.05, 3.63) is 65.0 Å². The first-order chi connectivity index (χ1) is 14.2. The van der Waals surface area contributed by atoms with E-state index in [4.69, 9.17) is 9.47 Å². The molecule has 0 aliphatic rings. The largest absolute Gasteiger partial charge is 0.493 e. The number of methoxy groups -OCH3 is 1. The lowest BCUT2D eigenvalue weighted by Gasteiger charge is -2.15. The number of benzene rings is 2. The molecule has 5 nitrogen and oxygen atoms in total. The first-order valence-corrected chi connectivity index (χ1v) is 11.0. The van der Waals surface area contributed by atoms with Crippen LogP contribution in [0, 0.1) is 5.82 Å². The molecule has 0 saturated carbocycles. The minimum atomic E-state index is -0.204. The molecule has 0 saturated heterocycles. The van der Waals surface area contributed by atoms with Crippen LogP contribution in [-0.4, -0.2) is 39.6 Å². The lowest BCUT2D eigenvalue weighted by molar-refractivity contribution is 0.172. The van der Waals surface area contributed by atoms with Gasteiger partial charge in [0.2, 0.25) is 0 Å². The van der Waals surface area contributed by atoms with Gasteiger partial charge < -0.3 is 20.1 Å². The second-order valence-corrected chi connectivity index (χ2v) is 7.33. The first-order valence-electron chi connectivity index (χ1n) is 9.57. The Bertz CT molecular complexity index is 793. The molecule has 0 aromatic heterocycles. The maximum atomic E-state index is 13.5. The third kappa shape index (κ3) is 9.53. The van der Waals surface area contributed by atoms with Gasteiger partial charge in [-0.3, -0.25) is 4.99 Å². The highest BCUT2D eigenvalue weighted by Crippen LogP contribution is 2.17. The smallest absolute Gasteiger partial charge is 0.191 e. The zero-order chi connectivity index (χ0) is 20.9. The molecule has 8 heteroatoms. The molecule has 30 heavy (non-hydrogen) atoms. The minimum Gasteiger partial charge on any atom is -0.493 e. The number of ether oxygens (including phenoxy) is 2. The van der Waals surface area contributed by atoms with Gasteiger partial charge in [0.05, 0.1) is 6.61 Å². The van der Waals surface area contributed by atoms with Crippen molar-refractivity contribution < 1.29 is 13.9 Å². The fourth-order valence-corrected chi connectivity index (χ4v) is 3.36. The number of hydrogen-bond donors (Lipinski definition) is 2. The van der Waals surface area contributed by atoms with Gasteiger partial charge in [-0.1, -0.05) is 18.2 Å². The number of halogens is 2. The quantitative estimate of drug-likeness (QED) is 0.187. The molecule has 0 spiro atoms. The van der Waals surface area contributed by atoms with Gasteiger partial charge in [-0.15, -0.1) is 24.0 Å². The van der Waals surface area contributed by atoms with Crippen LogP contribution in [0.1, 0.15) is 23.1 Å². The second-order valence-electron chi connectivity index (χ2n) is 6.47. The monoisotopic (exact) mass is 547 g/mol. The molecular weight excluding hydrogens is 516 g/mol. The van der Waals surface area contributed by atoms with E-state index in [1.54, 1.807) is 32.0 Å². The Morgan fingerprint density at radius 2 is 1.87 bits per heavy atom. The number of nitrogens with zero attached hydrogens (tertiary/aromatic N) is 1. The number of hydrogen-bond acceptors (Lipinski definition) is 4. The summed E-state index contributed by atoms with van der Waals surface area (Å²) in [5, 5.41) is 6.61. The zero-order valence-electron chi connectivity index (χ0n) is 17.7. The predicted molar refractivity (Wildman–Crippen MR) is 135 cm³/mol. The van der Waals surface area contributed by atoms with Crippen LogP contribution in [-0.2, 0) is 23.6 Å². The topological polar surface area (TPSA) is 54.9 Å². The molecule has 0 aliphatic heterocycles. The Labute approximate surface area is 200 Å². The summed E-state index contributed by atoms with van der Waals surface area (Å²) in [4.78, 5) is 4.27. The van der Waals surface area contributed by atoms with E-state index in [-0.39, 0.29) is 29.8 Å². The number of thioether (sulfide) groups is 1. The fourth-order valence-electron chi connectivity index (χ4n) is 2.78. The number of aliphatic imine (C=N–C) groups is 1. The van der Waals surface area contributed by atoms with Crippen molar-refractivity contribution in [1.29, 1.82) is 0 Å². The third-order valence-corrected chi connectivity index (χ3v) is 4.86. The van der Waals surface area contributed by atoms with E-state index in [0.29, 0.717) is 32.3 Å². The molecule has 0 radical (unpaired) electrons. The highest BCUT2D eigenvalue weighted by atomic mass is 127. The molecule has 0 aliphatic carbocycles. The molecule has 166 valence electrons. The standard InChI is InChI=1S/C22H30FN3O2S.HI/c1-24-22(26-15-18-8-9-20(23)13-19(18)16-29-3)25-14-17-6-4-7-21(12-17)28-11-5-10-27-2;/h4,6-9,12-13H,5,10-11,14-16H2,1-3H3,(H2,24,25,26);1H. The molecule has 0 unspecified atom stereocenters. The van der Waals surface area contributed by atoms with E-state index in [1.807, 2.05) is 36.6 Å². The van der Waals surface area contributed by atoms with Crippen molar-refractivity contribution in [2.75, 3.05) is 33.6 Å². The first kappa shape index (κ1) is 26.5. The van der Waals surface area contributed by atoms with E-state index in [1.165, 1.54) is 6.07 Å². The normalized spacial score (nSPS) is 11.0. The molecule has 2 N–H and O–H groups in total. The van der Waals surface area contributed by atoms with Crippen molar-refractivity contribution in [2.24, 2.45) is 4.99 Å². The number of guanidine groups is 1. The molecule has 2 rings (SSSR count). The second kappa shape index (κ2) is 15.3. The Balaban J connectivity index is 0.00000450. The zero-order valence-corrected chi connectivity index (χ0v) is 20.9. The van der Waals surface area contributed by atoms with Gasteiger partial charge in [0.15, 0.2) is 5.96 Å². The summed E-state index contributed by atoms with van der Waals surface area (Å²) in [5.74, 6) is 2.11. The van der Waals surface area contributed by atoms with Gasteiger partial charge in [-0.2, -0.15) is 11.8 Å². The summed E-state index contributed by atoms with van der Waals surface area (Å²) in [6.45, 7) is 2.52. The van der Waals surface area contributed by atoms with Crippen LogP contribution in [0.4, 0.5) is 4.39 Å². The Morgan fingerprint density at radius 1 is 1.07 bits per heavy atom. The van der Waals surface area contributed by atoms with E-state index in [0.717, 1.165) is 34.6 Å². The maximum absolute atomic E-state index is 13.5. The van der Waals surface area contributed by atoms with Crippen LogP contribution >= 0.6 is 35.7 Å². The van der Waals surface area contributed by atoms with Crippen molar-refractivity contribution >= 4 is 41.7 Å². The van der Waals surface area contributed by atoms with Gasteiger partial charge in [0, 0.05) is 46.0 Å². The SMILES string of the molecule is CN=C(NCc1cccc(OCCCOC)c1)NCc1ccc(F)cc1CSC.I. The Morgan fingerprint density at radius 3 is 2.60 bits per heavy atom. The minimum absolute atomic E-state index is 0. The molecule has 0 fully saturated rings. The summed E-state index contributed by atoms with van der Waals surface area (Å²) in [7, 11) is 3.42. The lowest BCUT2D eigenvalue weighted by atomic mass is 10.1. The van der Waals surface area contributed by atoms with E-state index in [2.05, 4.69) is 15.6 Å². The highest BCUT2D eigenvalue weighted by Gasteiger charge is 2.06. The van der Waals surface area contributed by atoms with Crippen LogP contribution in [0.2, 0.25) is 0 Å². The maximum Gasteiger partial charge on any atom is 0.191 e. The highest BCUT2D eigenvalue weighted by molar-refractivity contribution is 14.0. The van der Waals surface area contributed by atoms with E-state index < -0.39 is 0 Å². The summed E-state index contributed by atoms with van der Waals surface area (Å²) in [6, 6.07) is 12.9. The van der Waals surface area contributed by atoms with Crippen LogP contribution in [0.25, 0.3) is 0 Å². The fraction of sp³-hybridized carbons (Fsp3) is 0.409. The van der Waals surface area contributed by atoms with Gasteiger partial charge >= 0.3 is 0 Å². The lowest BCUT2D eigenvalue weighted by Crippen LogP contribution is -2.36. The van der Waals surface area contributed by atoms with E-state index in [9.17, 15) is 4.39 Å². The van der Waals surface area contributed by atoms with Crippen molar-refractivity contribution in [2.45, 2.75) is 25.3 Å². The average Bonchev–Trinajstić information content (AvgIpc) is 2.73. The van der Waals surface area contributed by atoms with Crippen molar-refractivity contribution in [3.63, 3.8) is 0 Å².